The van der Waals surface area contributed by atoms with Crippen molar-refractivity contribution in [3.05, 3.63) is 57.1 Å². The maximum Gasteiger partial charge on any atom is 0.339 e. The van der Waals surface area contributed by atoms with Crippen molar-refractivity contribution >= 4 is 34.4 Å². The maximum atomic E-state index is 11.3. The van der Waals surface area contributed by atoms with Crippen LogP contribution in [0.25, 0.3) is 22.6 Å². The lowest BCUT2D eigenvalue weighted by molar-refractivity contribution is -0.384. The third kappa shape index (κ3) is 2.27. The number of carbonyl (C=O) groups is 1. The molecule has 3 aromatic rings. The van der Waals surface area contributed by atoms with Gasteiger partial charge >= 0.3 is 5.97 Å². The van der Waals surface area contributed by atoms with E-state index in [0.29, 0.717) is 10.6 Å². The molecule has 7 nitrogen and oxygen atoms in total. The highest BCUT2D eigenvalue weighted by atomic mass is 35.5. The molecule has 110 valence electrons. The van der Waals surface area contributed by atoms with E-state index >= 15 is 0 Å². The van der Waals surface area contributed by atoms with Crippen LogP contribution in [0.5, 0.6) is 0 Å². The minimum Gasteiger partial charge on any atom is -0.478 e. The number of rotatable bonds is 3. The number of hydrogen-bond acceptors (Lipinski definition) is 5. The molecule has 0 saturated carbocycles. The third-order valence-corrected chi connectivity index (χ3v) is 3.35. The molecule has 0 aliphatic rings. The predicted molar refractivity (Wildman–Crippen MR) is 78.1 cm³/mol. The van der Waals surface area contributed by atoms with Crippen LogP contribution in [0.3, 0.4) is 0 Å². The number of non-ortho nitro benzene ring substituents is 1. The van der Waals surface area contributed by atoms with E-state index in [9.17, 15) is 20.0 Å². The van der Waals surface area contributed by atoms with Gasteiger partial charge in [0.25, 0.3) is 5.69 Å². The second-order valence-electron chi connectivity index (χ2n) is 4.40. The zero-order valence-electron chi connectivity index (χ0n) is 10.8. The summed E-state index contributed by atoms with van der Waals surface area (Å²) >= 11 is 6.05. The average Bonchev–Trinajstić information content (AvgIpc) is 2.89. The Morgan fingerprint density at radius 2 is 2.05 bits per heavy atom. The number of nitrogens with zero attached hydrogens (tertiary/aromatic N) is 2. The Bertz CT molecular complexity index is 919. The van der Waals surface area contributed by atoms with Crippen LogP contribution in [0, 0.1) is 10.1 Å². The van der Waals surface area contributed by atoms with E-state index in [2.05, 4.69) is 4.98 Å². The molecule has 2 aromatic carbocycles. The van der Waals surface area contributed by atoms with E-state index < -0.39 is 10.9 Å². The highest BCUT2D eigenvalue weighted by molar-refractivity contribution is 6.33. The van der Waals surface area contributed by atoms with Crippen LogP contribution in [0.2, 0.25) is 5.02 Å². The lowest BCUT2D eigenvalue weighted by Crippen LogP contribution is -1.99. The molecule has 0 saturated heterocycles. The molecular formula is C14H7ClN2O5. The number of nitro groups is 1. The molecular weight excluding hydrogens is 312 g/mol. The van der Waals surface area contributed by atoms with Crippen LogP contribution in [0.15, 0.2) is 40.8 Å². The zero-order valence-corrected chi connectivity index (χ0v) is 11.6. The van der Waals surface area contributed by atoms with Crippen molar-refractivity contribution in [2.24, 2.45) is 0 Å². The zero-order chi connectivity index (χ0) is 15.9. The predicted octanol–water partition coefficient (Wildman–Crippen LogP) is 3.75. The smallest absolute Gasteiger partial charge is 0.339 e. The van der Waals surface area contributed by atoms with E-state index in [1.165, 1.54) is 0 Å². The van der Waals surface area contributed by atoms with Crippen molar-refractivity contribution in [3.63, 3.8) is 0 Å². The largest absolute Gasteiger partial charge is 0.478 e. The van der Waals surface area contributed by atoms with Crippen molar-refractivity contribution in [1.82, 2.24) is 4.98 Å². The molecule has 22 heavy (non-hydrogen) atoms. The van der Waals surface area contributed by atoms with Crippen molar-refractivity contribution < 1.29 is 19.2 Å². The molecule has 8 heteroatoms. The van der Waals surface area contributed by atoms with Gasteiger partial charge in [-0.3, -0.25) is 10.1 Å². The molecule has 0 aliphatic carbocycles. The first-order valence-electron chi connectivity index (χ1n) is 6.04. The van der Waals surface area contributed by atoms with Gasteiger partial charge in [0, 0.05) is 12.1 Å². The van der Waals surface area contributed by atoms with Gasteiger partial charge in [-0.2, -0.15) is 0 Å². The van der Waals surface area contributed by atoms with Crippen molar-refractivity contribution in [2.45, 2.75) is 0 Å². The summed E-state index contributed by atoms with van der Waals surface area (Å²) < 4.78 is 5.46. The summed E-state index contributed by atoms with van der Waals surface area (Å²) in [6.07, 6.45) is 0. The van der Waals surface area contributed by atoms with Gasteiger partial charge in [-0.25, -0.2) is 9.78 Å². The fraction of sp³-hybridized carbons (Fsp3) is 0. The Morgan fingerprint density at radius 1 is 1.32 bits per heavy atom. The van der Waals surface area contributed by atoms with Crippen LogP contribution in [0.4, 0.5) is 5.69 Å². The number of hydrogen-bond donors (Lipinski definition) is 1. The van der Waals surface area contributed by atoms with Crippen molar-refractivity contribution in [1.29, 1.82) is 0 Å². The summed E-state index contributed by atoms with van der Waals surface area (Å²) in [5.74, 6) is -1.24. The molecule has 0 spiro atoms. The highest BCUT2D eigenvalue weighted by Crippen LogP contribution is 2.33. The number of aromatic nitrogens is 1. The number of fused-ring (bicyclic) bond motifs is 1. The molecule has 0 fully saturated rings. The van der Waals surface area contributed by atoms with Crippen molar-refractivity contribution in [3.8, 4) is 11.5 Å². The van der Waals surface area contributed by atoms with Gasteiger partial charge in [-0.05, 0) is 12.1 Å². The van der Waals surface area contributed by atoms with Gasteiger partial charge in [0.15, 0.2) is 5.58 Å². The molecule has 0 aliphatic heterocycles. The van der Waals surface area contributed by atoms with E-state index in [4.69, 9.17) is 16.0 Å². The SMILES string of the molecule is O=C(O)c1cc([N+](=O)[O-])cc2nc(-c3ccccc3Cl)oc12. The van der Waals surface area contributed by atoms with Gasteiger partial charge < -0.3 is 9.52 Å². The van der Waals surface area contributed by atoms with E-state index in [1.54, 1.807) is 24.3 Å². The summed E-state index contributed by atoms with van der Waals surface area (Å²) in [5, 5.41) is 20.4. The van der Waals surface area contributed by atoms with Crippen LogP contribution in [-0.4, -0.2) is 21.0 Å². The Hall–Kier alpha value is -2.93. The Morgan fingerprint density at radius 3 is 2.68 bits per heavy atom. The second kappa shape index (κ2) is 5.12. The number of carboxylic acid groups (broad SMARTS) is 1. The normalized spacial score (nSPS) is 10.8. The number of carboxylic acids is 1. The second-order valence-corrected chi connectivity index (χ2v) is 4.81. The lowest BCUT2D eigenvalue weighted by atomic mass is 10.2. The third-order valence-electron chi connectivity index (χ3n) is 3.02. The van der Waals surface area contributed by atoms with E-state index in [0.717, 1.165) is 12.1 Å². The van der Waals surface area contributed by atoms with E-state index in [1.807, 2.05) is 0 Å². The van der Waals surface area contributed by atoms with Gasteiger partial charge in [-0.15, -0.1) is 0 Å². The first-order chi connectivity index (χ1) is 10.5. The summed E-state index contributed by atoms with van der Waals surface area (Å²) in [6, 6.07) is 8.82. The Balaban J connectivity index is 2.29. The Kier molecular flexibility index (Phi) is 3.26. The molecule has 1 heterocycles. The van der Waals surface area contributed by atoms with Crippen LogP contribution in [-0.2, 0) is 0 Å². The molecule has 0 atom stereocenters. The molecule has 0 bridgehead atoms. The minimum atomic E-state index is -1.34. The van der Waals surface area contributed by atoms with Crippen LogP contribution >= 0.6 is 11.6 Å². The summed E-state index contributed by atoms with van der Waals surface area (Å²) in [7, 11) is 0. The average molecular weight is 319 g/mol. The molecule has 0 amide bonds. The van der Waals surface area contributed by atoms with Gasteiger partial charge in [-0.1, -0.05) is 23.7 Å². The molecule has 1 N–H and O–H groups in total. The van der Waals surface area contributed by atoms with Crippen LogP contribution < -0.4 is 0 Å². The molecule has 3 rings (SSSR count). The first-order valence-corrected chi connectivity index (χ1v) is 6.42. The monoisotopic (exact) mass is 318 g/mol. The van der Waals surface area contributed by atoms with Crippen molar-refractivity contribution in [2.75, 3.05) is 0 Å². The lowest BCUT2D eigenvalue weighted by Gasteiger charge is -1.97. The first kappa shape index (κ1) is 14.0. The number of halogens is 1. The topological polar surface area (TPSA) is 106 Å². The highest BCUT2D eigenvalue weighted by Gasteiger charge is 2.22. The number of aromatic carboxylic acids is 1. The summed E-state index contributed by atoms with van der Waals surface area (Å²) in [6.45, 7) is 0. The van der Waals surface area contributed by atoms with Gasteiger partial charge in [0.2, 0.25) is 5.89 Å². The molecule has 0 unspecified atom stereocenters. The van der Waals surface area contributed by atoms with Crippen LogP contribution in [0.1, 0.15) is 10.4 Å². The standard InChI is InChI=1S/C14H7ClN2O5/c15-10-4-2-1-3-8(10)13-16-11-6-7(17(20)21)5-9(14(18)19)12(11)22-13/h1-6H,(H,18,19). The summed E-state index contributed by atoms with van der Waals surface area (Å²) in [5.41, 5.74) is -0.173. The van der Waals surface area contributed by atoms with Gasteiger partial charge in [0.05, 0.1) is 15.5 Å². The molecule has 0 radical (unpaired) electrons. The molecule has 1 aromatic heterocycles. The minimum absolute atomic E-state index is 0.0342. The number of benzene rings is 2. The maximum absolute atomic E-state index is 11.3. The quantitative estimate of drug-likeness (QED) is 0.582. The fourth-order valence-corrected chi connectivity index (χ4v) is 2.25. The summed E-state index contributed by atoms with van der Waals surface area (Å²) in [4.78, 5) is 25.6. The van der Waals surface area contributed by atoms with E-state index in [-0.39, 0.29) is 28.2 Å². The van der Waals surface area contributed by atoms with Gasteiger partial charge in [0.1, 0.15) is 11.1 Å². The number of nitro benzene ring substituents is 1. The number of oxazole rings is 1. The Labute approximate surface area is 127 Å². The fourth-order valence-electron chi connectivity index (χ4n) is 2.03.